The summed E-state index contributed by atoms with van der Waals surface area (Å²) in [5.41, 5.74) is 1.18. The molecular weight excluding hydrogens is 212 g/mol. The summed E-state index contributed by atoms with van der Waals surface area (Å²) in [6.07, 6.45) is 8.70. The molecule has 0 fully saturated rings. The average molecular weight is 232 g/mol. The molecule has 1 N–H and O–H groups in total. The van der Waals surface area contributed by atoms with E-state index >= 15 is 0 Å². The zero-order valence-electron chi connectivity index (χ0n) is 10.5. The summed E-state index contributed by atoms with van der Waals surface area (Å²) in [5.74, 6) is 0.862. The molecule has 1 aromatic carbocycles. The van der Waals surface area contributed by atoms with Crippen LogP contribution in [0.5, 0.6) is 5.75 Å². The van der Waals surface area contributed by atoms with Crippen molar-refractivity contribution in [2.45, 2.75) is 25.9 Å². The van der Waals surface area contributed by atoms with Crippen LogP contribution in [0.4, 0.5) is 0 Å². The fraction of sp³-hybridized carbons (Fsp3) is 0.333. The molecule has 0 aliphatic rings. The van der Waals surface area contributed by atoms with Crippen LogP contribution in [0.25, 0.3) is 0 Å². The van der Waals surface area contributed by atoms with Gasteiger partial charge in [0.05, 0.1) is 13.2 Å². The number of benzene rings is 1. The molecule has 0 saturated carbocycles. The molecule has 0 amide bonds. The molecule has 2 heteroatoms. The maximum atomic E-state index is 9.71. The number of allylic oxidation sites excluding steroid dienone is 3. The molecule has 0 bridgehead atoms. The highest BCUT2D eigenvalue weighted by Gasteiger charge is 2.01. The number of rotatable bonds is 6. The minimum Gasteiger partial charge on any atom is -0.497 e. The second kappa shape index (κ2) is 7.69. The number of aliphatic hydroxyl groups excluding tert-OH is 1. The molecule has 0 spiro atoms. The van der Waals surface area contributed by atoms with E-state index in [1.165, 1.54) is 5.56 Å². The van der Waals surface area contributed by atoms with Crippen molar-refractivity contribution in [3.63, 3.8) is 0 Å². The van der Waals surface area contributed by atoms with Crippen LogP contribution in [0, 0.1) is 0 Å². The van der Waals surface area contributed by atoms with Crippen molar-refractivity contribution in [2.24, 2.45) is 0 Å². The van der Waals surface area contributed by atoms with Crippen LogP contribution in [0.1, 0.15) is 18.9 Å². The van der Waals surface area contributed by atoms with Crippen LogP contribution in [-0.4, -0.2) is 18.3 Å². The first-order chi connectivity index (χ1) is 8.26. The van der Waals surface area contributed by atoms with Crippen LogP contribution < -0.4 is 4.74 Å². The number of aliphatic hydroxyl groups is 1. The fourth-order valence-electron chi connectivity index (χ4n) is 1.54. The highest BCUT2D eigenvalue weighted by molar-refractivity contribution is 5.28. The minimum atomic E-state index is -0.391. The van der Waals surface area contributed by atoms with E-state index in [9.17, 15) is 5.11 Å². The van der Waals surface area contributed by atoms with Crippen LogP contribution in [0.3, 0.4) is 0 Å². The van der Waals surface area contributed by atoms with Gasteiger partial charge in [-0.2, -0.15) is 0 Å². The molecule has 0 aromatic heterocycles. The number of aryl methyl sites for hydroxylation is 1. The Kier molecular flexibility index (Phi) is 6.12. The van der Waals surface area contributed by atoms with E-state index in [2.05, 4.69) is 0 Å². The Balaban J connectivity index is 2.43. The Labute approximate surface area is 103 Å². The molecule has 1 rings (SSSR count). The van der Waals surface area contributed by atoms with Crippen molar-refractivity contribution in [1.29, 1.82) is 0 Å². The van der Waals surface area contributed by atoms with Crippen molar-refractivity contribution in [1.82, 2.24) is 0 Å². The first-order valence-electron chi connectivity index (χ1n) is 5.86. The Morgan fingerprint density at radius 1 is 1.35 bits per heavy atom. The Morgan fingerprint density at radius 2 is 2.18 bits per heavy atom. The number of ether oxygens (including phenoxy) is 1. The standard InChI is InChI=1S/C15H20O2/c1-3-4-5-8-14(16)11-10-13-7-6-9-15(12-13)17-2/h3-9,12,14,16H,10-11H2,1-2H3/b4-3+,8-5+/t14-/m1/s1. The summed E-state index contributed by atoms with van der Waals surface area (Å²) in [6, 6.07) is 7.94. The minimum absolute atomic E-state index is 0.391. The summed E-state index contributed by atoms with van der Waals surface area (Å²) >= 11 is 0. The maximum Gasteiger partial charge on any atom is 0.119 e. The third-order valence-corrected chi connectivity index (χ3v) is 2.50. The summed E-state index contributed by atoms with van der Waals surface area (Å²) in [6.45, 7) is 1.95. The smallest absolute Gasteiger partial charge is 0.119 e. The van der Waals surface area contributed by atoms with E-state index < -0.39 is 6.10 Å². The van der Waals surface area contributed by atoms with Gasteiger partial charge in [0.2, 0.25) is 0 Å². The molecule has 0 heterocycles. The molecule has 0 aliphatic heterocycles. The first kappa shape index (κ1) is 13.5. The molecule has 0 saturated heterocycles. The normalized spacial score (nSPS) is 13.4. The van der Waals surface area contributed by atoms with E-state index in [1.807, 2.05) is 49.4 Å². The van der Waals surface area contributed by atoms with E-state index in [0.29, 0.717) is 0 Å². The van der Waals surface area contributed by atoms with Gasteiger partial charge in [0.15, 0.2) is 0 Å². The Morgan fingerprint density at radius 3 is 2.88 bits per heavy atom. The summed E-state index contributed by atoms with van der Waals surface area (Å²) in [4.78, 5) is 0. The van der Waals surface area contributed by atoms with E-state index in [4.69, 9.17) is 4.74 Å². The fourth-order valence-corrected chi connectivity index (χ4v) is 1.54. The van der Waals surface area contributed by atoms with Gasteiger partial charge in [0, 0.05) is 0 Å². The molecular formula is C15H20O2. The van der Waals surface area contributed by atoms with Crippen LogP contribution in [0.15, 0.2) is 48.6 Å². The zero-order chi connectivity index (χ0) is 12.5. The topological polar surface area (TPSA) is 29.5 Å². The third kappa shape index (κ3) is 5.36. The number of hydrogen-bond acceptors (Lipinski definition) is 2. The van der Waals surface area contributed by atoms with Crippen molar-refractivity contribution < 1.29 is 9.84 Å². The SMILES string of the molecule is C/C=C/C=C/[C@@H](O)CCc1cccc(OC)c1. The van der Waals surface area contributed by atoms with Gasteiger partial charge in [-0.25, -0.2) is 0 Å². The summed E-state index contributed by atoms with van der Waals surface area (Å²) < 4.78 is 5.16. The van der Waals surface area contributed by atoms with Crippen molar-refractivity contribution in [2.75, 3.05) is 7.11 Å². The van der Waals surface area contributed by atoms with Gasteiger partial charge in [-0.05, 0) is 37.5 Å². The summed E-state index contributed by atoms with van der Waals surface area (Å²) in [5, 5.41) is 9.71. The second-order valence-corrected chi connectivity index (χ2v) is 3.87. The van der Waals surface area contributed by atoms with Gasteiger partial charge in [-0.1, -0.05) is 36.4 Å². The average Bonchev–Trinajstić information content (AvgIpc) is 2.37. The molecule has 0 unspecified atom stereocenters. The van der Waals surface area contributed by atoms with Crippen LogP contribution in [-0.2, 0) is 6.42 Å². The van der Waals surface area contributed by atoms with E-state index in [0.717, 1.165) is 18.6 Å². The molecule has 17 heavy (non-hydrogen) atoms. The lowest BCUT2D eigenvalue weighted by Crippen LogP contribution is -2.03. The van der Waals surface area contributed by atoms with Crippen molar-refractivity contribution in [3.8, 4) is 5.75 Å². The largest absolute Gasteiger partial charge is 0.497 e. The Hall–Kier alpha value is -1.54. The number of hydrogen-bond donors (Lipinski definition) is 1. The van der Waals surface area contributed by atoms with Gasteiger partial charge >= 0.3 is 0 Å². The summed E-state index contributed by atoms with van der Waals surface area (Å²) in [7, 11) is 1.66. The van der Waals surface area contributed by atoms with Gasteiger partial charge in [-0.3, -0.25) is 0 Å². The van der Waals surface area contributed by atoms with Gasteiger partial charge in [0.1, 0.15) is 5.75 Å². The predicted octanol–water partition coefficient (Wildman–Crippen LogP) is 3.12. The molecule has 0 radical (unpaired) electrons. The van der Waals surface area contributed by atoms with E-state index in [1.54, 1.807) is 13.2 Å². The lowest BCUT2D eigenvalue weighted by molar-refractivity contribution is 0.213. The quantitative estimate of drug-likeness (QED) is 0.764. The molecule has 1 atom stereocenters. The molecule has 0 aliphatic carbocycles. The van der Waals surface area contributed by atoms with Gasteiger partial charge < -0.3 is 9.84 Å². The predicted molar refractivity (Wildman–Crippen MR) is 71.3 cm³/mol. The van der Waals surface area contributed by atoms with Crippen molar-refractivity contribution in [3.05, 3.63) is 54.1 Å². The molecule has 92 valence electrons. The van der Waals surface area contributed by atoms with Crippen molar-refractivity contribution >= 4 is 0 Å². The highest BCUT2D eigenvalue weighted by atomic mass is 16.5. The number of methoxy groups -OCH3 is 1. The van der Waals surface area contributed by atoms with Gasteiger partial charge in [-0.15, -0.1) is 0 Å². The lowest BCUT2D eigenvalue weighted by Gasteiger charge is -2.06. The third-order valence-electron chi connectivity index (χ3n) is 2.50. The Bertz CT molecular complexity index is 380. The van der Waals surface area contributed by atoms with Crippen LogP contribution in [0.2, 0.25) is 0 Å². The first-order valence-corrected chi connectivity index (χ1v) is 5.86. The monoisotopic (exact) mass is 232 g/mol. The van der Waals surface area contributed by atoms with Gasteiger partial charge in [0.25, 0.3) is 0 Å². The lowest BCUT2D eigenvalue weighted by atomic mass is 10.1. The highest BCUT2D eigenvalue weighted by Crippen LogP contribution is 2.14. The van der Waals surface area contributed by atoms with E-state index in [-0.39, 0.29) is 0 Å². The maximum absolute atomic E-state index is 9.71. The van der Waals surface area contributed by atoms with Crippen LogP contribution >= 0.6 is 0 Å². The molecule has 2 nitrogen and oxygen atoms in total. The molecule has 1 aromatic rings. The second-order valence-electron chi connectivity index (χ2n) is 3.87. The zero-order valence-corrected chi connectivity index (χ0v) is 10.5.